The van der Waals surface area contributed by atoms with E-state index in [1.165, 1.54) is 0 Å². The van der Waals surface area contributed by atoms with Gasteiger partial charge < -0.3 is 15.3 Å². The molecule has 0 aromatic heterocycles. The molecule has 0 radical (unpaired) electrons. The Labute approximate surface area is 59.5 Å². The summed E-state index contributed by atoms with van der Waals surface area (Å²) in [4.78, 5) is 0. The lowest BCUT2D eigenvalue weighted by molar-refractivity contribution is -0.0894. The lowest BCUT2D eigenvalue weighted by Gasteiger charge is -2.26. The number of hydrogen-bond donors (Lipinski definition) is 4. The molecule has 0 amide bonds. The molecule has 0 saturated heterocycles. The van der Waals surface area contributed by atoms with Gasteiger partial charge in [-0.1, -0.05) is 0 Å². The van der Waals surface area contributed by atoms with E-state index in [0.29, 0.717) is 12.8 Å². The van der Waals surface area contributed by atoms with Gasteiger partial charge in [-0.3, -0.25) is 5.32 Å². The van der Waals surface area contributed by atoms with Crippen LogP contribution in [-0.4, -0.2) is 33.9 Å². The quantitative estimate of drug-likeness (QED) is 0.369. The molecule has 0 heterocycles. The Morgan fingerprint density at radius 2 is 2.30 bits per heavy atom. The highest BCUT2D eigenvalue weighted by atomic mass is 16.4. The summed E-state index contributed by atoms with van der Waals surface area (Å²) in [5.41, 5.74) is -1.24. The van der Waals surface area contributed by atoms with Crippen molar-refractivity contribution >= 4 is 0 Å². The van der Waals surface area contributed by atoms with Crippen molar-refractivity contribution in [2.24, 2.45) is 0 Å². The van der Waals surface area contributed by atoms with Gasteiger partial charge in [-0.25, -0.2) is 0 Å². The summed E-state index contributed by atoms with van der Waals surface area (Å²) >= 11 is 0. The second-order valence-electron chi connectivity index (χ2n) is 2.67. The molecule has 0 aliphatic heterocycles. The van der Waals surface area contributed by atoms with Crippen LogP contribution >= 0.6 is 0 Å². The molecule has 4 nitrogen and oxygen atoms in total. The maximum atomic E-state index is 9.44. The molecule has 4 heteroatoms. The Hall–Kier alpha value is -0.160. The Balaban J connectivity index is 2.48. The zero-order valence-corrected chi connectivity index (χ0v) is 5.75. The van der Waals surface area contributed by atoms with E-state index in [2.05, 4.69) is 5.32 Å². The van der Waals surface area contributed by atoms with E-state index >= 15 is 0 Å². The Kier molecular flexibility index (Phi) is 2.25. The van der Waals surface area contributed by atoms with Crippen molar-refractivity contribution in [2.45, 2.75) is 31.1 Å². The summed E-state index contributed by atoms with van der Waals surface area (Å²) in [5.74, 6) is 0. The molecule has 0 aromatic carbocycles. The minimum Gasteiger partial charge on any atom is -0.389 e. The molecule has 10 heavy (non-hydrogen) atoms. The van der Waals surface area contributed by atoms with Crippen LogP contribution in [0.25, 0.3) is 0 Å². The molecule has 1 fully saturated rings. The zero-order valence-electron chi connectivity index (χ0n) is 5.75. The Morgan fingerprint density at radius 3 is 2.70 bits per heavy atom. The number of aliphatic hydroxyl groups is 3. The van der Waals surface area contributed by atoms with Crippen LogP contribution in [0, 0.1) is 0 Å². The van der Waals surface area contributed by atoms with E-state index in [1.54, 1.807) is 0 Å². The van der Waals surface area contributed by atoms with Crippen molar-refractivity contribution in [1.29, 1.82) is 0 Å². The lowest BCUT2D eigenvalue weighted by atomic mass is 10.1. The molecule has 1 aliphatic carbocycles. The van der Waals surface area contributed by atoms with Crippen molar-refractivity contribution < 1.29 is 15.3 Å². The standard InChI is InChI=1S/C6H13NO3/c8-4-7-6(10)3-1-2-5(6)9/h5,7-10H,1-4H2. The second-order valence-corrected chi connectivity index (χ2v) is 2.67. The van der Waals surface area contributed by atoms with E-state index in [1.807, 2.05) is 0 Å². The number of nitrogens with one attached hydrogen (secondary N) is 1. The second kappa shape index (κ2) is 2.84. The van der Waals surface area contributed by atoms with Crippen LogP contribution in [0.3, 0.4) is 0 Å². The summed E-state index contributed by atoms with van der Waals surface area (Å²) in [6, 6.07) is 0. The summed E-state index contributed by atoms with van der Waals surface area (Å²) in [6.45, 7) is -0.298. The molecular weight excluding hydrogens is 134 g/mol. The van der Waals surface area contributed by atoms with Crippen LogP contribution < -0.4 is 5.32 Å². The first-order chi connectivity index (χ1) is 4.69. The highest BCUT2D eigenvalue weighted by Crippen LogP contribution is 2.26. The van der Waals surface area contributed by atoms with Gasteiger partial charge in [0.15, 0.2) is 0 Å². The van der Waals surface area contributed by atoms with Gasteiger partial charge in [-0.05, 0) is 19.3 Å². The number of rotatable bonds is 2. The third kappa shape index (κ3) is 1.29. The highest BCUT2D eigenvalue weighted by Gasteiger charge is 2.39. The highest BCUT2D eigenvalue weighted by molar-refractivity contribution is 4.89. The van der Waals surface area contributed by atoms with Crippen LogP contribution in [0.2, 0.25) is 0 Å². The average Bonchev–Trinajstić information content (AvgIpc) is 2.15. The third-order valence-electron chi connectivity index (χ3n) is 1.97. The van der Waals surface area contributed by atoms with Gasteiger partial charge in [0.05, 0.1) is 12.8 Å². The summed E-state index contributed by atoms with van der Waals surface area (Å²) in [7, 11) is 0. The first-order valence-corrected chi connectivity index (χ1v) is 3.45. The molecule has 4 N–H and O–H groups in total. The molecule has 0 aromatic rings. The molecule has 2 atom stereocenters. The largest absolute Gasteiger partial charge is 0.389 e. The van der Waals surface area contributed by atoms with Crippen LogP contribution in [-0.2, 0) is 0 Å². The molecule has 1 rings (SSSR count). The van der Waals surface area contributed by atoms with Gasteiger partial charge in [-0.15, -0.1) is 0 Å². The first kappa shape index (κ1) is 7.94. The monoisotopic (exact) mass is 147 g/mol. The van der Waals surface area contributed by atoms with Crippen molar-refractivity contribution in [2.75, 3.05) is 6.73 Å². The topological polar surface area (TPSA) is 72.7 Å². The minimum atomic E-state index is -1.24. The van der Waals surface area contributed by atoms with Gasteiger partial charge in [0.1, 0.15) is 5.72 Å². The van der Waals surface area contributed by atoms with E-state index in [0.717, 1.165) is 6.42 Å². The van der Waals surface area contributed by atoms with Gasteiger partial charge in [-0.2, -0.15) is 0 Å². The van der Waals surface area contributed by atoms with Gasteiger partial charge in [0.2, 0.25) is 0 Å². The normalized spacial score (nSPS) is 40.5. The molecule has 0 spiro atoms. The van der Waals surface area contributed by atoms with Crippen LogP contribution in [0.4, 0.5) is 0 Å². The predicted molar refractivity (Wildman–Crippen MR) is 35.0 cm³/mol. The lowest BCUT2D eigenvalue weighted by Crippen LogP contribution is -2.51. The van der Waals surface area contributed by atoms with Gasteiger partial charge >= 0.3 is 0 Å². The smallest absolute Gasteiger partial charge is 0.143 e. The Morgan fingerprint density at radius 1 is 1.60 bits per heavy atom. The van der Waals surface area contributed by atoms with E-state index in [9.17, 15) is 5.11 Å². The summed E-state index contributed by atoms with van der Waals surface area (Å²) < 4.78 is 0. The summed E-state index contributed by atoms with van der Waals surface area (Å²) in [6.07, 6.45) is 1.17. The van der Waals surface area contributed by atoms with Crippen LogP contribution in [0.1, 0.15) is 19.3 Å². The maximum absolute atomic E-state index is 9.44. The number of hydrogen-bond acceptors (Lipinski definition) is 4. The maximum Gasteiger partial charge on any atom is 0.143 e. The molecule has 60 valence electrons. The molecule has 2 unspecified atom stereocenters. The van der Waals surface area contributed by atoms with E-state index in [-0.39, 0.29) is 6.73 Å². The molecule has 1 aliphatic rings. The van der Waals surface area contributed by atoms with Crippen molar-refractivity contribution in [3.63, 3.8) is 0 Å². The summed E-state index contributed by atoms with van der Waals surface area (Å²) in [5, 5.41) is 29.5. The molecule has 0 bridgehead atoms. The Bertz CT molecular complexity index is 120. The average molecular weight is 147 g/mol. The van der Waals surface area contributed by atoms with Crippen molar-refractivity contribution in [3.05, 3.63) is 0 Å². The van der Waals surface area contributed by atoms with Crippen molar-refractivity contribution in [1.82, 2.24) is 5.32 Å². The number of aliphatic hydroxyl groups excluding tert-OH is 2. The zero-order chi connectivity index (χ0) is 7.61. The van der Waals surface area contributed by atoms with E-state index in [4.69, 9.17) is 10.2 Å². The van der Waals surface area contributed by atoms with E-state index < -0.39 is 11.8 Å². The fraction of sp³-hybridized carbons (Fsp3) is 1.00. The minimum absolute atomic E-state index is 0.298. The third-order valence-corrected chi connectivity index (χ3v) is 1.97. The van der Waals surface area contributed by atoms with Crippen LogP contribution in [0.5, 0.6) is 0 Å². The van der Waals surface area contributed by atoms with Gasteiger partial charge in [0.25, 0.3) is 0 Å². The molecular formula is C6H13NO3. The fourth-order valence-corrected chi connectivity index (χ4v) is 1.31. The fourth-order valence-electron chi connectivity index (χ4n) is 1.31. The SMILES string of the molecule is OCNC1(O)CCCC1O. The van der Waals surface area contributed by atoms with Crippen molar-refractivity contribution in [3.8, 4) is 0 Å². The predicted octanol–water partition coefficient (Wildman–Crippen LogP) is -1.24. The van der Waals surface area contributed by atoms with Gasteiger partial charge in [0, 0.05) is 0 Å². The molecule has 1 saturated carbocycles. The van der Waals surface area contributed by atoms with Crippen LogP contribution in [0.15, 0.2) is 0 Å². The first-order valence-electron chi connectivity index (χ1n) is 3.45.